The van der Waals surface area contributed by atoms with Gasteiger partial charge in [-0.3, -0.25) is 0 Å². The third-order valence-corrected chi connectivity index (χ3v) is 6.80. The van der Waals surface area contributed by atoms with Crippen molar-refractivity contribution in [3.63, 3.8) is 0 Å². The van der Waals surface area contributed by atoms with Gasteiger partial charge in [0.1, 0.15) is 0 Å². The van der Waals surface area contributed by atoms with Crippen LogP contribution in [0.3, 0.4) is 0 Å². The molecular weight excluding hydrogens is 484 g/mol. The molecule has 4 rings (SSSR count). The molecule has 1 aliphatic rings. The van der Waals surface area contributed by atoms with Crippen LogP contribution in [0.4, 0.5) is 0 Å². The first-order chi connectivity index (χ1) is 18.6. The normalized spacial score (nSPS) is 18.8. The zero-order valence-corrected chi connectivity index (χ0v) is 22.2. The maximum Gasteiger partial charge on any atom is 0.330 e. The number of rotatable bonds is 11. The third-order valence-electron chi connectivity index (χ3n) is 6.80. The van der Waals surface area contributed by atoms with Crippen LogP contribution in [-0.4, -0.2) is 47.6 Å². The van der Waals surface area contributed by atoms with E-state index in [1.165, 1.54) is 6.08 Å². The average molecular weight is 519 g/mol. The van der Waals surface area contributed by atoms with E-state index in [4.69, 9.17) is 28.4 Å². The van der Waals surface area contributed by atoms with Crippen LogP contribution in [-0.2, 0) is 20.7 Å². The third kappa shape index (κ3) is 6.47. The minimum Gasteiger partial charge on any atom is -0.493 e. The van der Waals surface area contributed by atoms with Crippen LogP contribution < -0.4 is 18.9 Å². The lowest BCUT2D eigenvalue weighted by molar-refractivity contribution is -0.139. The highest BCUT2D eigenvalue weighted by atomic mass is 16.5. The van der Waals surface area contributed by atoms with E-state index in [1.54, 1.807) is 34.5 Å². The molecule has 0 amide bonds. The smallest absolute Gasteiger partial charge is 0.330 e. The molecule has 0 aliphatic carbocycles. The second-order valence-electron chi connectivity index (χ2n) is 9.06. The number of carbonyl (C=O) groups is 1. The van der Waals surface area contributed by atoms with Crippen molar-refractivity contribution >= 4 is 12.0 Å². The molecule has 0 aromatic heterocycles. The van der Waals surface area contributed by atoms with Gasteiger partial charge in [0.15, 0.2) is 23.0 Å². The molecule has 3 aromatic rings. The Morgan fingerprint density at radius 2 is 1.50 bits per heavy atom. The van der Waals surface area contributed by atoms with Crippen LogP contribution in [0.25, 0.3) is 6.08 Å². The molecule has 1 saturated heterocycles. The number of methoxy groups -OCH3 is 4. The molecule has 0 bridgehead atoms. The van der Waals surface area contributed by atoms with E-state index >= 15 is 0 Å². The minimum atomic E-state index is -0.392. The van der Waals surface area contributed by atoms with Crippen molar-refractivity contribution in [2.45, 2.75) is 12.5 Å². The van der Waals surface area contributed by atoms with Gasteiger partial charge in [-0.2, -0.15) is 0 Å². The van der Waals surface area contributed by atoms with Crippen molar-refractivity contribution in [1.82, 2.24) is 0 Å². The summed E-state index contributed by atoms with van der Waals surface area (Å²) in [5, 5.41) is 0. The molecule has 1 fully saturated rings. The lowest BCUT2D eigenvalue weighted by atomic mass is 9.84. The molecule has 3 atom stereocenters. The van der Waals surface area contributed by atoms with Gasteiger partial charge in [0.05, 0.1) is 47.8 Å². The molecule has 1 unspecified atom stereocenters. The van der Waals surface area contributed by atoms with Crippen molar-refractivity contribution in [3.05, 3.63) is 89.5 Å². The Bertz CT molecular complexity index is 1240. The van der Waals surface area contributed by atoms with E-state index in [2.05, 4.69) is 0 Å². The Hall–Kier alpha value is -3.97. The first kappa shape index (κ1) is 27.1. The zero-order chi connectivity index (χ0) is 26.9. The topological polar surface area (TPSA) is 72.5 Å². The molecule has 0 spiro atoms. The largest absolute Gasteiger partial charge is 0.493 e. The summed E-state index contributed by atoms with van der Waals surface area (Å²) >= 11 is 0. The Morgan fingerprint density at radius 1 is 0.842 bits per heavy atom. The first-order valence-electron chi connectivity index (χ1n) is 12.5. The summed E-state index contributed by atoms with van der Waals surface area (Å²) in [6.07, 6.45) is 3.66. The number of benzene rings is 3. The van der Waals surface area contributed by atoms with Crippen LogP contribution in [0.15, 0.2) is 72.8 Å². The van der Waals surface area contributed by atoms with Crippen LogP contribution in [0.2, 0.25) is 0 Å². The van der Waals surface area contributed by atoms with Gasteiger partial charge >= 0.3 is 5.97 Å². The maximum absolute atomic E-state index is 12.6. The van der Waals surface area contributed by atoms with E-state index < -0.39 is 5.97 Å². The second kappa shape index (κ2) is 13.0. The summed E-state index contributed by atoms with van der Waals surface area (Å²) in [5.41, 5.74) is 2.96. The van der Waals surface area contributed by atoms with Crippen LogP contribution in [0.1, 0.15) is 22.8 Å². The minimum absolute atomic E-state index is 0.0738. The summed E-state index contributed by atoms with van der Waals surface area (Å²) in [6.45, 7) is 0.740. The van der Waals surface area contributed by atoms with Gasteiger partial charge in [0.2, 0.25) is 0 Å². The quantitative estimate of drug-likeness (QED) is 0.244. The summed E-state index contributed by atoms with van der Waals surface area (Å²) < 4.78 is 33.8. The number of carbonyl (C=O) groups excluding carboxylic acids is 1. The fourth-order valence-electron chi connectivity index (χ4n) is 4.79. The highest BCUT2D eigenvalue weighted by Crippen LogP contribution is 2.43. The Labute approximate surface area is 223 Å². The summed E-state index contributed by atoms with van der Waals surface area (Å²) in [5.74, 6) is 2.26. The Balaban J connectivity index is 1.54. The number of hydrogen-bond acceptors (Lipinski definition) is 7. The molecule has 1 heterocycles. The first-order valence-corrected chi connectivity index (χ1v) is 12.5. The van der Waals surface area contributed by atoms with Crippen LogP contribution in [0, 0.1) is 11.8 Å². The van der Waals surface area contributed by atoms with Crippen molar-refractivity contribution < 1.29 is 33.2 Å². The molecule has 7 heteroatoms. The molecule has 3 aromatic carbocycles. The summed E-state index contributed by atoms with van der Waals surface area (Å²) in [4.78, 5) is 12.6. The molecule has 38 heavy (non-hydrogen) atoms. The lowest BCUT2D eigenvalue weighted by Crippen LogP contribution is -2.24. The lowest BCUT2D eigenvalue weighted by Gasteiger charge is -2.24. The molecule has 0 radical (unpaired) electrons. The SMILES string of the molecule is COc1ccc(C[C@H]2COC(c3ccc(OC)c(OC)c3)[C@H]2COC(=O)/C=C/c2ccccc2)cc1OC. The molecule has 7 nitrogen and oxygen atoms in total. The van der Waals surface area contributed by atoms with E-state index in [0.717, 1.165) is 23.1 Å². The van der Waals surface area contributed by atoms with Gasteiger partial charge < -0.3 is 28.4 Å². The summed E-state index contributed by atoms with van der Waals surface area (Å²) in [6, 6.07) is 21.3. The van der Waals surface area contributed by atoms with E-state index in [9.17, 15) is 4.79 Å². The number of ether oxygens (including phenoxy) is 6. The Kier molecular flexibility index (Phi) is 9.27. The van der Waals surface area contributed by atoms with Crippen LogP contribution >= 0.6 is 0 Å². The molecule has 200 valence electrons. The van der Waals surface area contributed by atoms with Crippen LogP contribution in [0.5, 0.6) is 23.0 Å². The fourth-order valence-corrected chi connectivity index (χ4v) is 4.79. The van der Waals surface area contributed by atoms with E-state index in [1.807, 2.05) is 66.7 Å². The van der Waals surface area contributed by atoms with Gasteiger partial charge in [-0.15, -0.1) is 0 Å². The maximum atomic E-state index is 12.6. The van der Waals surface area contributed by atoms with E-state index in [-0.39, 0.29) is 24.5 Å². The van der Waals surface area contributed by atoms with Gasteiger partial charge in [0.25, 0.3) is 0 Å². The van der Waals surface area contributed by atoms with Gasteiger partial charge in [-0.05, 0) is 59.4 Å². The van der Waals surface area contributed by atoms with Crippen molar-refractivity contribution in [3.8, 4) is 23.0 Å². The summed E-state index contributed by atoms with van der Waals surface area (Å²) in [7, 11) is 6.45. The molecule has 0 N–H and O–H groups in total. The van der Waals surface area contributed by atoms with Gasteiger partial charge in [-0.1, -0.05) is 42.5 Å². The average Bonchev–Trinajstić information content (AvgIpc) is 3.36. The van der Waals surface area contributed by atoms with E-state index in [0.29, 0.717) is 29.6 Å². The molecule has 1 aliphatic heterocycles. The molecular formula is C31H34O7. The standard InChI is InChI=1S/C31H34O7/c1-33-26-13-10-22(17-28(26)35-3)16-24-19-38-31(23-12-14-27(34-2)29(18-23)36-4)25(24)20-37-30(32)15-11-21-8-6-5-7-9-21/h5-15,17-18,24-25,31H,16,19-20H2,1-4H3/b15-11+/t24-,25-,31?/m0/s1. The van der Waals surface area contributed by atoms with Gasteiger partial charge in [0, 0.05) is 12.0 Å². The number of hydrogen-bond donors (Lipinski definition) is 0. The second-order valence-corrected chi connectivity index (χ2v) is 9.06. The predicted octanol–water partition coefficient (Wildman–Crippen LogP) is 5.52. The fraction of sp³-hybridized carbons (Fsp3) is 0.323. The predicted molar refractivity (Wildman–Crippen MR) is 145 cm³/mol. The highest BCUT2D eigenvalue weighted by Gasteiger charge is 2.39. The zero-order valence-electron chi connectivity index (χ0n) is 22.2. The van der Waals surface area contributed by atoms with Crippen molar-refractivity contribution in [2.24, 2.45) is 11.8 Å². The monoisotopic (exact) mass is 518 g/mol. The van der Waals surface area contributed by atoms with Gasteiger partial charge in [-0.25, -0.2) is 4.79 Å². The highest BCUT2D eigenvalue weighted by molar-refractivity contribution is 5.87. The number of esters is 1. The molecule has 0 saturated carbocycles. The Morgan fingerprint density at radius 3 is 2.18 bits per heavy atom. The van der Waals surface area contributed by atoms with Crippen molar-refractivity contribution in [2.75, 3.05) is 41.7 Å². The van der Waals surface area contributed by atoms with Crippen molar-refractivity contribution in [1.29, 1.82) is 0 Å².